The Labute approximate surface area is 113 Å². The third-order valence-corrected chi connectivity index (χ3v) is 3.62. The van der Waals surface area contributed by atoms with E-state index in [1.54, 1.807) is 11.8 Å². The lowest BCUT2D eigenvalue weighted by molar-refractivity contribution is -0.139. The Balaban J connectivity index is 2.63. The van der Waals surface area contributed by atoms with E-state index in [4.69, 9.17) is 10.2 Å². The second kappa shape index (κ2) is 7.99. The third-order valence-electron chi connectivity index (χ3n) is 3.62. The Morgan fingerprint density at radius 3 is 2.42 bits per heavy atom. The number of rotatable bonds is 6. The van der Waals surface area contributed by atoms with Crippen molar-refractivity contribution in [1.82, 2.24) is 10.2 Å². The molecular weight excluding hydrogens is 248 g/mol. The fourth-order valence-corrected chi connectivity index (χ4v) is 2.52. The van der Waals surface area contributed by atoms with Crippen LogP contribution in [0.3, 0.4) is 0 Å². The van der Waals surface area contributed by atoms with Crippen molar-refractivity contribution >= 4 is 12.0 Å². The highest BCUT2D eigenvalue weighted by molar-refractivity contribution is 5.82. The number of carbonyl (C=O) groups excluding carboxylic acids is 1. The van der Waals surface area contributed by atoms with E-state index in [0.717, 1.165) is 25.7 Å². The molecule has 1 fully saturated rings. The van der Waals surface area contributed by atoms with Gasteiger partial charge in [-0.1, -0.05) is 26.2 Å². The van der Waals surface area contributed by atoms with Crippen LogP contribution in [-0.2, 0) is 4.79 Å². The summed E-state index contributed by atoms with van der Waals surface area (Å²) >= 11 is 0. The maximum Gasteiger partial charge on any atom is 0.326 e. The lowest BCUT2D eigenvalue weighted by Gasteiger charge is -2.34. The fraction of sp³-hybridized carbons (Fsp3) is 0.846. The van der Waals surface area contributed by atoms with Crippen LogP contribution in [0.4, 0.5) is 4.79 Å². The molecule has 1 aliphatic rings. The summed E-state index contributed by atoms with van der Waals surface area (Å²) in [4.78, 5) is 24.7. The van der Waals surface area contributed by atoms with Gasteiger partial charge in [0, 0.05) is 12.6 Å². The van der Waals surface area contributed by atoms with E-state index in [2.05, 4.69) is 5.32 Å². The van der Waals surface area contributed by atoms with E-state index in [0.29, 0.717) is 6.42 Å². The molecule has 0 aromatic carbocycles. The van der Waals surface area contributed by atoms with Gasteiger partial charge in [-0.25, -0.2) is 9.59 Å². The van der Waals surface area contributed by atoms with Gasteiger partial charge in [0.25, 0.3) is 0 Å². The molecular formula is C13H24N2O4. The summed E-state index contributed by atoms with van der Waals surface area (Å²) < 4.78 is 0. The van der Waals surface area contributed by atoms with Crippen molar-refractivity contribution in [1.29, 1.82) is 0 Å². The quantitative estimate of drug-likeness (QED) is 0.677. The van der Waals surface area contributed by atoms with E-state index in [1.165, 1.54) is 6.42 Å². The van der Waals surface area contributed by atoms with Gasteiger partial charge in [0.05, 0.1) is 6.61 Å². The molecule has 1 aliphatic carbocycles. The summed E-state index contributed by atoms with van der Waals surface area (Å²) in [6, 6.07) is -1.13. The van der Waals surface area contributed by atoms with E-state index in [9.17, 15) is 9.59 Å². The minimum absolute atomic E-state index is 0.103. The number of amides is 2. The number of carboxylic acids is 1. The minimum Gasteiger partial charge on any atom is -0.480 e. The van der Waals surface area contributed by atoms with Crippen molar-refractivity contribution < 1.29 is 19.8 Å². The average Bonchev–Trinajstić information content (AvgIpc) is 2.42. The summed E-state index contributed by atoms with van der Waals surface area (Å²) in [5.41, 5.74) is 0. The van der Waals surface area contributed by atoms with Gasteiger partial charge in [-0.05, 0) is 19.3 Å². The molecule has 1 atom stereocenters. The summed E-state index contributed by atoms with van der Waals surface area (Å²) in [7, 11) is 0. The van der Waals surface area contributed by atoms with Crippen molar-refractivity contribution in [3.8, 4) is 0 Å². The van der Waals surface area contributed by atoms with Gasteiger partial charge in [-0.15, -0.1) is 0 Å². The molecule has 6 nitrogen and oxygen atoms in total. The molecule has 2 amide bonds. The monoisotopic (exact) mass is 272 g/mol. The molecule has 110 valence electrons. The number of aliphatic carboxylic acids is 1. The number of hydrogen-bond acceptors (Lipinski definition) is 3. The Kier molecular flexibility index (Phi) is 6.62. The molecule has 3 N–H and O–H groups in total. The van der Waals surface area contributed by atoms with Crippen LogP contribution in [-0.4, -0.2) is 52.3 Å². The molecule has 19 heavy (non-hydrogen) atoms. The van der Waals surface area contributed by atoms with Gasteiger partial charge in [0.1, 0.15) is 6.04 Å². The van der Waals surface area contributed by atoms with E-state index in [-0.39, 0.29) is 25.2 Å². The van der Waals surface area contributed by atoms with Crippen LogP contribution in [0.25, 0.3) is 0 Å². The van der Waals surface area contributed by atoms with Crippen LogP contribution in [0, 0.1) is 0 Å². The molecule has 0 bridgehead atoms. The topological polar surface area (TPSA) is 89.9 Å². The zero-order valence-corrected chi connectivity index (χ0v) is 11.5. The Morgan fingerprint density at radius 2 is 1.95 bits per heavy atom. The van der Waals surface area contributed by atoms with Crippen LogP contribution >= 0.6 is 0 Å². The number of urea groups is 1. The van der Waals surface area contributed by atoms with Crippen molar-refractivity contribution in [2.45, 2.75) is 57.5 Å². The molecule has 1 rings (SSSR count). The number of aliphatic hydroxyl groups is 1. The van der Waals surface area contributed by atoms with Gasteiger partial charge >= 0.3 is 12.0 Å². The zero-order valence-electron chi connectivity index (χ0n) is 11.5. The SMILES string of the molecule is CC[C@@H](NC(=O)N(CCO)C1CCCCC1)C(=O)O. The molecule has 6 heteroatoms. The number of hydrogen-bond donors (Lipinski definition) is 3. The highest BCUT2D eigenvalue weighted by Gasteiger charge is 2.27. The first kappa shape index (κ1) is 15.8. The average molecular weight is 272 g/mol. The fourth-order valence-electron chi connectivity index (χ4n) is 2.52. The van der Waals surface area contributed by atoms with Crippen molar-refractivity contribution in [3.63, 3.8) is 0 Å². The lowest BCUT2D eigenvalue weighted by atomic mass is 9.94. The zero-order chi connectivity index (χ0) is 14.3. The lowest BCUT2D eigenvalue weighted by Crippen LogP contribution is -2.52. The van der Waals surface area contributed by atoms with Gasteiger partial charge in [-0.2, -0.15) is 0 Å². The molecule has 0 radical (unpaired) electrons. The van der Waals surface area contributed by atoms with Gasteiger partial charge in [0.2, 0.25) is 0 Å². The van der Waals surface area contributed by atoms with Gasteiger partial charge in [-0.3, -0.25) is 0 Å². The number of nitrogens with zero attached hydrogens (tertiary/aromatic N) is 1. The highest BCUT2D eigenvalue weighted by atomic mass is 16.4. The van der Waals surface area contributed by atoms with Crippen LogP contribution < -0.4 is 5.32 Å². The largest absolute Gasteiger partial charge is 0.480 e. The summed E-state index contributed by atoms with van der Waals surface area (Å²) in [5.74, 6) is -1.02. The van der Waals surface area contributed by atoms with Crippen molar-refractivity contribution in [2.24, 2.45) is 0 Å². The molecule has 1 saturated carbocycles. The molecule has 0 unspecified atom stereocenters. The minimum atomic E-state index is -1.02. The van der Waals surface area contributed by atoms with Gasteiger partial charge in [0.15, 0.2) is 0 Å². The summed E-state index contributed by atoms with van der Waals surface area (Å²) in [6.45, 7) is 1.87. The van der Waals surface area contributed by atoms with Gasteiger partial charge < -0.3 is 20.4 Å². The maximum atomic E-state index is 12.1. The predicted molar refractivity (Wildman–Crippen MR) is 70.9 cm³/mol. The molecule has 0 spiro atoms. The molecule has 0 aromatic rings. The first-order chi connectivity index (χ1) is 9.10. The molecule has 0 saturated heterocycles. The third kappa shape index (κ3) is 4.70. The molecule has 0 aromatic heterocycles. The Morgan fingerprint density at radius 1 is 1.32 bits per heavy atom. The number of carboxylic acid groups (broad SMARTS) is 1. The normalized spacial score (nSPS) is 17.8. The first-order valence-corrected chi connectivity index (χ1v) is 7.01. The second-order valence-corrected chi connectivity index (χ2v) is 4.96. The Hall–Kier alpha value is -1.30. The number of carbonyl (C=O) groups is 2. The van der Waals surface area contributed by atoms with E-state index < -0.39 is 12.0 Å². The summed E-state index contributed by atoms with van der Waals surface area (Å²) in [6.07, 6.45) is 5.54. The Bertz CT molecular complexity index is 303. The summed E-state index contributed by atoms with van der Waals surface area (Å²) in [5, 5.41) is 20.6. The molecule has 0 aliphatic heterocycles. The predicted octanol–water partition coefficient (Wildman–Crippen LogP) is 1.19. The van der Waals surface area contributed by atoms with Crippen molar-refractivity contribution in [2.75, 3.05) is 13.2 Å². The van der Waals surface area contributed by atoms with Crippen LogP contribution in [0.1, 0.15) is 45.4 Å². The van der Waals surface area contributed by atoms with E-state index >= 15 is 0 Å². The maximum absolute atomic E-state index is 12.1. The van der Waals surface area contributed by atoms with Crippen LogP contribution in [0.2, 0.25) is 0 Å². The van der Waals surface area contributed by atoms with E-state index in [1.807, 2.05) is 0 Å². The number of aliphatic hydroxyl groups excluding tert-OH is 1. The smallest absolute Gasteiger partial charge is 0.326 e. The second-order valence-electron chi connectivity index (χ2n) is 4.96. The highest BCUT2D eigenvalue weighted by Crippen LogP contribution is 2.22. The van der Waals surface area contributed by atoms with Crippen LogP contribution in [0.15, 0.2) is 0 Å². The standard InChI is InChI=1S/C13H24N2O4/c1-2-11(12(17)18)14-13(19)15(8-9-16)10-6-4-3-5-7-10/h10-11,16H,2-9H2,1H3,(H,14,19)(H,17,18)/t11-/m1/s1. The first-order valence-electron chi connectivity index (χ1n) is 7.01. The molecule has 0 heterocycles. The van der Waals surface area contributed by atoms with Crippen molar-refractivity contribution in [3.05, 3.63) is 0 Å². The van der Waals surface area contributed by atoms with Crippen LogP contribution in [0.5, 0.6) is 0 Å². The number of nitrogens with one attached hydrogen (secondary N) is 1.